The fourth-order valence-corrected chi connectivity index (χ4v) is 3.13. The van der Waals surface area contributed by atoms with E-state index in [1.54, 1.807) is 36.4 Å². The number of carbonyl (C=O) groups excluding carboxylic acids is 1. The molecule has 0 saturated heterocycles. The zero-order chi connectivity index (χ0) is 22.6. The van der Waals surface area contributed by atoms with Gasteiger partial charge in [0, 0.05) is 11.6 Å². The maximum atomic E-state index is 13.1. The van der Waals surface area contributed by atoms with Gasteiger partial charge in [0.25, 0.3) is 5.56 Å². The van der Waals surface area contributed by atoms with E-state index in [4.69, 9.17) is 9.15 Å². The van der Waals surface area contributed by atoms with Gasteiger partial charge < -0.3 is 9.15 Å². The van der Waals surface area contributed by atoms with Gasteiger partial charge in [-0.15, -0.1) is 10.2 Å². The Kier molecular flexibility index (Phi) is 5.25. The Hall–Kier alpha value is -4.93. The molecule has 0 amide bonds. The summed E-state index contributed by atoms with van der Waals surface area (Å²) >= 11 is 0. The smallest absolute Gasteiger partial charge is 0.359 e. The monoisotopic (exact) mass is 441 g/mol. The van der Waals surface area contributed by atoms with Crippen molar-refractivity contribution in [3.8, 4) is 11.4 Å². The molecule has 3 heterocycles. The van der Waals surface area contributed by atoms with Crippen LogP contribution < -0.4 is 5.56 Å². The van der Waals surface area contributed by atoms with E-state index >= 15 is 0 Å². The van der Waals surface area contributed by atoms with Crippen LogP contribution in [0.5, 0.6) is 0 Å². The molecule has 0 fully saturated rings. The molecular weight excluding hydrogens is 426 g/mol. The number of hydrogen-bond acceptors (Lipinski definition) is 9. The van der Waals surface area contributed by atoms with E-state index in [9.17, 15) is 9.59 Å². The minimum atomic E-state index is -0.794. The van der Waals surface area contributed by atoms with Crippen LogP contribution in [0.2, 0.25) is 0 Å². The lowest BCUT2D eigenvalue weighted by Gasteiger charge is -2.10. The number of tetrazole rings is 1. The van der Waals surface area contributed by atoms with Crippen LogP contribution in [-0.4, -0.2) is 41.2 Å². The molecule has 162 valence electrons. The molecular formula is C22H15N7O4. The quantitative estimate of drug-likeness (QED) is 0.287. The number of nitrogens with zero attached hydrogens (tertiary/aromatic N) is 7. The van der Waals surface area contributed by atoms with E-state index in [1.807, 2.05) is 30.3 Å². The van der Waals surface area contributed by atoms with Crippen molar-refractivity contribution in [2.24, 2.45) is 0 Å². The third-order valence-corrected chi connectivity index (χ3v) is 4.71. The molecule has 3 aromatic heterocycles. The largest absolute Gasteiger partial charge is 0.465 e. The van der Waals surface area contributed by atoms with Crippen LogP contribution in [0, 0.1) is 0 Å². The van der Waals surface area contributed by atoms with Crippen molar-refractivity contribution in [3.63, 3.8) is 0 Å². The molecule has 11 heteroatoms. The van der Waals surface area contributed by atoms with Crippen molar-refractivity contribution in [1.29, 1.82) is 0 Å². The lowest BCUT2D eigenvalue weighted by atomic mass is 10.2. The third-order valence-electron chi connectivity index (χ3n) is 4.71. The number of esters is 1. The molecule has 5 aromatic rings. The predicted molar refractivity (Wildman–Crippen MR) is 116 cm³/mol. The standard InChI is InChI=1S/C22H15N7O4/c30-21-17-10-4-5-11-18(17)23-26-28(21)14-33-22(31)19(13-16-9-6-12-32-16)29-20(24-25-27-29)15-7-2-1-3-8-15/h1-13H,14H2/b19-13-. The Morgan fingerprint density at radius 3 is 2.61 bits per heavy atom. The van der Waals surface area contributed by atoms with E-state index in [-0.39, 0.29) is 5.70 Å². The second-order valence-electron chi connectivity index (χ2n) is 6.80. The molecule has 0 unspecified atom stereocenters. The molecule has 0 spiro atoms. The fourth-order valence-electron chi connectivity index (χ4n) is 3.13. The van der Waals surface area contributed by atoms with Crippen LogP contribution in [-0.2, 0) is 16.3 Å². The van der Waals surface area contributed by atoms with Gasteiger partial charge in [0.05, 0.1) is 11.6 Å². The number of rotatable bonds is 6. The summed E-state index contributed by atoms with van der Waals surface area (Å²) in [5.74, 6) is -0.0788. The first-order chi connectivity index (χ1) is 16.2. The molecule has 0 saturated carbocycles. The van der Waals surface area contributed by atoms with Gasteiger partial charge in [-0.1, -0.05) is 47.7 Å². The molecule has 0 aliphatic carbocycles. The average Bonchev–Trinajstić information content (AvgIpc) is 3.55. The molecule has 2 aromatic carbocycles. The number of fused-ring (bicyclic) bond motifs is 1. The van der Waals surface area contributed by atoms with Crippen molar-refractivity contribution in [1.82, 2.24) is 35.2 Å². The maximum Gasteiger partial charge on any atom is 0.359 e. The van der Waals surface area contributed by atoms with Crippen LogP contribution in [0.1, 0.15) is 5.76 Å². The Morgan fingerprint density at radius 2 is 1.79 bits per heavy atom. The van der Waals surface area contributed by atoms with Gasteiger partial charge in [-0.05, 0) is 34.7 Å². The van der Waals surface area contributed by atoms with E-state index in [0.717, 1.165) is 4.68 Å². The molecule has 0 radical (unpaired) electrons. The van der Waals surface area contributed by atoms with Gasteiger partial charge in [0.2, 0.25) is 0 Å². The van der Waals surface area contributed by atoms with E-state index < -0.39 is 18.3 Å². The lowest BCUT2D eigenvalue weighted by molar-refractivity contribution is -0.141. The van der Waals surface area contributed by atoms with Gasteiger partial charge in [-0.25, -0.2) is 4.79 Å². The minimum absolute atomic E-state index is 0.0180. The fraction of sp³-hybridized carbons (Fsp3) is 0.0455. The molecule has 33 heavy (non-hydrogen) atoms. The van der Waals surface area contributed by atoms with Crippen LogP contribution in [0.3, 0.4) is 0 Å². The van der Waals surface area contributed by atoms with Gasteiger partial charge in [-0.2, -0.15) is 9.36 Å². The van der Waals surface area contributed by atoms with E-state index in [0.29, 0.717) is 28.1 Å². The molecule has 5 rings (SSSR count). The number of benzene rings is 2. The third kappa shape index (κ3) is 4.02. The van der Waals surface area contributed by atoms with E-state index in [1.165, 1.54) is 17.0 Å². The first-order valence-corrected chi connectivity index (χ1v) is 9.80. The number of aromatic nitrogens is 7. The Bertz CT molecular complexity index is 1500. The van der Waals surface area contributed by atoms with Gasteiger partial charge in [-0.3, -0.25) is 4.79 Å². The van der Waals surface area contributed by atoms with Gasteiger partial charge in [0.15, 0.2) is 18.3 Å². The van der Waals surface area contributed by atoms with Crippen molar-refractivity contribution < 1.29 is 13.9 Å². The van der Waals surface area contributed by atoms with Crippen molar-refractivity contribution in [3.05, 3.63) is 89.1 Å². The van der Waals surface area contributed by atoms with E-state index in [2.05, 4.69) is 25.8 Å². The SMILES string of the molecule is O=C(OCn1nnc2ccccc2c1=O)/C(=C/c1ccco1)n1nnnc1-c1ccccc1. The van der Waals surface area contributed by atoms with Gasteiger partial charge in [0.1, 0.15) is 11.3 Å². The topological polar surface area (TPSA) is 131 Å². The average molecular weight is 441 g/mol. The summed E-state index contributed by atoms with van der Waals surface area (Å²) in [6, 6.07) is 19.2. The molecule has 0 bridgehead atoms. The highest BCUT2D eigenvalue weighted by Gasteiger charge is 2.21. The Morgan fingerprint density at radius 1 is 0.970 bits per heavy atom. The second-order valence-corrected chi connectivity index (χ2v) is 6.80. The summed E-state index contributed by atoms with van der Waals surface area (Å²) < 4.78 is 12.9. The van der Waals surface area contributed by atoms with Crippen LogP contribution in [0.4, 0.5) is 0 Å². The van der Waals surface area contributed by atoms with Gasteiger partial charge >= 0.3 is 5.97 Å². The highest BCUT2D eigenvalue weighted by Crippen LogP contribution is 2.21. The number of hydrogen-bond donors (Lipinski definition) is 0. The summed E-state index contributed by atoms with van der Waals surface area (Å²) in [5.41, 5.74) is 0.690. The van der Waals surface area contributed by atoms with Crippen molar-refractivity contribution >= 4 is 28.6 Å². The molecule has 11 nitrogen and oxygen atoms in total. The molecule has 0 N–H and O–H groups in total. The Balaban J connectivity index is 1.48. The lowest BCUT2D eigenvalue weighted by Crippen LogP contribution is -2.27. The first kappa shape index (κ1) is 20.0. The number of furan rings is 1. The Labute approximate surface area is 185 Å². The van der Waals surface area contributed by atoms with Crippen LogP contribution in [0.25, 0.3) is 34.1 Å². The van der Waals surface area contributed by atoms with Crippen molar-refractivity contribution in [2.45, 2.75) is 6.73 Å². The summed E-state index contributed by atoms with van der Waals surface area (Å²) in [5, 5.41) is 19.9. The summed E-state index contributed by atoms with van der Waals surface area (Å²) in [7, 11) is 0. The molecule has 0 aliphatic heterocycles. The zero-order valence-corrected chi connectivity index (χ0v) is 17.0. The number of carbonyl (C=O) groups is 1. The minimum Gasteiger partial charge on any atom is -0.465 e. The molecule has 0 aliphatic rings. The van der Waals surface area contributed by atoms with Crippen LogP contribution in [0.15, 0.2) is 82.2 Å². The summed E-state index contributed by atoms with van der Waals surface area (Å²) in [6.45, 7) is -0.451. The molecule has 0 atom stereocenters. The first-order valence-electron chi connectivity index (χ1n) is 9.80. The second kappa shape index (κ2) is 8.67. The maximum absolute atomic E-state index is 13.1. The zero-order valence-electron chi connectivity index (χ0n) is 17.0. The van der Waals surface area contributed by atoms with Crippen LogP contribution >= 0.6 is 0 Å². The normalized spacial score (nSPS) is 11.6. The summed E-state index contributed by atoms with van der Waals surface area (Å²) in [6.07, 6.45) is 2.91. The van der Waals surface area contributed by atoms with Crippen molar-refractivity contribution in [2.75, 3.05) is 0 Å². The predicted octanol–water partition coefficient (Wildman–Crippen LogP) is 2.24. The number of ether oxygens (including phenoxy) is 1. The summed E-state index contributed by atoms with van der Waals surface area (Å²) in [4.78, 5) is 25.7. The highest BCUT2D eigenvalue weighted by atomic mass is 16.5. The highest BCUT2D eigenvalue weighted by molar-refractivity contribution is 6.15.